The van der Waals surface area contributed by atoms with Crippen LogP contribution < -0.4 is 10.6 Å². The number of unbranched alkanes of at least 4 members (excludes halogenated alkanes) is 3. The third-order valence-corrected chi connectivity index (χ3v) is 8.60. The molecule has 0 aromatic rings. The minimum Gasteiger partial charge on any atom is -0.394 e. The van der Waals surface area contributed by atoms with Crippen LogP contribution in [0.4, 0.5) is 0 Å². The quantitative estimate of drug-likeness (QED) is 0.0680. The topological polar surface area (TPSA) is 234 Å². The van der Waals surface area contributed by atoms with E-state index in [0.717, 1.165) is 0 Å². The summed E-state index contributed by atoms with van der Waals surface area (Å²) in [6, 6.07) is -0.604. The summed E-state index contributed by atoms with van der Waals surface area (Å²) in [4.78, 5) is 36.6. The summed E-state index contributed by atoms with van der Waals surface area (Å²) in [5.74, 6) is -1.45. The molecule has 2 fully saturated rings. The molecule has 2 amide bonds. The molecule has 2 heterocycles. The maximum atomic E-state index is 12.4. The molecule has 2 aliphatic heterocycles. The van der Waals surface area contributed by atoms with Gasteiger partial charge in [0.25, 0.3) is 0 Å². The first-order chi connectivity index (χ1) is 21.9. The van der Waals surface area contributed by atoms with E-state index in [1.54, 1.807) is 13.8 Å². The molecule has 0 aliphatic carbocycles. The predicted molar refractivity (Wildman–Crippen MR) is 163 cm³/mol. The number of carbonyl (C=O) groups excluding carboxylic acids is 3. The molecule has 15 heteroatoms. The minimum atomic E-state index is -1.19. The van der Waals surface area contributed by atoms with Crippen LogP contribution in [0.2, 0.25) is 0 Å². The molecule has 2 rings (SSSR count). The van der Waals surface area contributed by atoms with Gasteiger partial charge in [0.2, 0.25) is 11.8 Å². The number of aliphatic hydroxyl groups is 6. The molecular weight excluding hydrogens is 608 g/mol. The van der Waals surface area contributed by atoms with Crippen molar-refractivity contribution in [3.05, 3.63) is 0 Å². The lowest BCUT2D eigenvalue weighted by atomic mass is 9.92. The van der Waals surface area contributed by atoms with Crippen molar-refractivity contribution in [1.82, 2.24) is 10.6 Å². The molecule has 0 saturated carbocycles. The highest BCUT2D eigenvalue weighted by Crippen LogP contribution is 2.28. The summed E-state index contributed by atoms with van der Waals surface area (Å²) < 4.78 is 22.3. The van der Waals surface area contributed by atoms with Gasteiger partial charge in [-0.1, -0.05) is 13.8 Å². The Balaban J connectivity index is 1.52. The van der Waals surface area contributed by atoms with E-state index in [9.17, 15) is 45.0 Å². The van der Waals surface area contributed by atoms with Gasteiger partial charge in [0.1, 0.15) is 24.4 Å². The Morgan fingerprint density at radius 3 is 1.63 bits per heavy atom. The summed E-state index contributed by atoms with van der Waals surface area (Å²) in [7, 11) is 0. The first kappa shape index (κ1) is 40.4. The number of amides is 2. The molecule has 0 spiro atoms. The van der Waals surface area contributed by atoms with Crippen molar-refractivity contribution in [2.75, 3.05) is 33.0 Å². The number of Topliss-reactive ketones (excluding diaryl/α,β-unsaturated/α-hetero) is 1. The monoisotopic (exact) mass is 664 g/mol. The fraction of sp³-hybridized carbons (Fsp3) is 0.903. The summed E-state index contributed by atoms with van der Waals surface area (Å²) in [6.45, 7) is 4.93. The van der Waals surface area contributed by atoms with E-state index in [-0.39, 0.29) is 30.6 Å². The standard InChI is InChI=1S/C31H56N2O13/c1-18-26(39)28(41)22(16-34)45-30(18)43-14-8-5-11-24(37)32-13-7-4-10-21(20(3)36)33-25(38)12-6-9-15-44-31-19(2)27(40)29(42)23(17-35)46-31/h18-19,21-23,26-31,34-35,39-42H,4-17H2,1-3H3,(H,32,37)(H,33,38)/t18?,19?,21-,22?,23?,26?,27?,28?,29?,30?,31?/m0/s1. The van der Waals surface area contributed by atoms with Gasteiger partial charge in [-0.3, -0.25) is 14.4 Å². The van der Waals surface area contributed by atoms with E-state index in [1.165, 1.54) is 6.92 Å². The average molecular weight is 665 g/mol. The fourth-order valence-corrected chi connectivity index (χ4v) is 5.43. The smallest absolute Gasteiger partial charge is 0.220 e. The number of aliphatic hydroxyl groups excluding tert-OH is 6. The normalized spacial score (nSPS) is 32.1. The Morgan fingerprint density at radius 2 is 1.17 bits per heavy atom. The van der Waals surface area contributed by atoms with E-state index in [0.29, 0.717) is 64.5 Å². The largest absolute Gasteiger partial charge is 0.394 e. The number of hydrogen-bond acceptors (Lipinski definition) is 13. The minimum absolute atomic E-state index is 0.104. The van der Waals surface area contributed by atoms with Gasteiger partial charge in [-0.15, -0.1) is 0 Å². The zero-order valence-corrected chi connectivity index (χ0v) is 27.3. The zero-order valence-electron chi connectivity index (χ0n) is 27.3. The van der Waals surface area contributed by atoms with Gasteiger partial charge in [0.05, 0.1) is 31.5 Å². The van der Waals surface area contributed by atoms with Crippen LogP contribution in [0.25, 0.3) is 0 Å². The molecule has 0 radical (unpaired) electrons. The number of nitrogens with one attached hydrogen (secondary N) is 2. The number of carbonyl (C=O) groups is 3. The first-order valence-electron chi connectivity index (χ1n) is 16.5. The Bertz CT molecular complexity index is 908. The Kier molecular flexibility index (Phi) is 18.6. The van der Waals surface area contributed by atoms with Crippen molar-refractivity contribution in [1.29, 1.82) is 0 Å². The van der Waals surface area contributed by atoms with Gasteiger partial charge in [0, 0.05) is 44.4 Å². The van der Waals surface area contributed by atoms with E-state index < -0.39 is 80.3 Å². The third-order valence-electron chi connectivity index (χ3n) is 8.60. The number of ketones is 1. The second kappa shape index (κ2) is 21.2. The molecule has 46 heavy (non-hydrogen) atoms. The van der Waals surface area contributed by atoms with Crippen molar-refractivity contribution in [3.8, 4) is 0 Å². The lowest BCUT2D eigenvalue weighted by Crippen LogP contribution is -2.55. The van der Waals surface area contributed by atoms with E-state index in [1.807, 2.05) is 0 Å². The molecule has 0 aromatic carbocycles. The van der Waals surface area contributed by atoms with Crippen LogP contribution in [-0.4, -0.2) is 136 Å². The van der Waals surface area contributed by atoms with Gasteiger partial charge in [-0.25, -0.2) is 0 Å². The Hall–Kier alpha value is -1.79. The summed E-state index contributed by atoms with van der Waals surface area (Å²) in [6.07, 6.45) is -3.43. The molecule has 0 aromatic heterocycles. The van der Waals surface area contributed by atoms with Gasteiger partial charge >= 0.3 is 0 Å². The second-order valence-electron chi connectivity index (χ2n) is 12.4. The van der Waals surface area contributed by atoms with Crippen molar-refractivity contribution in [2.24, 2.45) is 11.8 Å². The van der Waals surface area contributed by atoms with E-state index in [4.69, 9.17) is 18.9 Å². The summed E-state index contributed by atoms with van der Waals surface area (Å²) in [5, 5.41) is 64.2. The lowest BCUT2D eigenvalue weighted by molar-refractivity contribution is -0.282. The molecule has 2 aliphatic rings. The van der Waals surface area contributed by atoms with Crippen LogP contribution in [-0.2, 0) is 33.3 Å². The Morgan fingerprint density at radius 1 is 0.696 bits per heavy atom. The van der Waals surface area contributed by atoms with Crippen LogP contribution in [0.15, 0.2) is 0 Å². The summed E-state index contributed by atoms with van der Waals surface area (Å²) in [5.41, 5.74) is 0. The lowest BCUT2D eigenvalue weighted by Gasteiger charge is -2.40. The van der Waals surface area contributed by atoms with Crippen molar-refractivity contribution in [2.45, 2.75) is 134 Å². The molecule has 10 unspecified atom stereocenters. The maximum Gasteiger partial charge on any atom is 0.220 e. The highest BCUT2D eigenvalue weighted by atomic mass is 16.7. The predicted octanol–water partition coefficient (Wildman–Crippen LogP) is -1.13. The molecule has 2 saturated heterocycles. The first-order valence-corrected chi connectivity index (χ1v) is 16.5. The molecule has 0 bridgehead atoms. The number of hydrogen-bond donors (Lipinski definition) is 8. The van der Waals surface area contributed by atoms with Gasteiger partial charge in [0.15, 0.2) is 18.4 Å². The fourth-order valence-electron chi connectivity index (χ4n) is 5.43. The van der Waals surface area contributed by atoms with Crippen molar-refractivity contribution < 1.29 is 64.0 Å². The van der Waals surface area contributed by atoms with Gasteiger partial charge in [-0.2, -0.15) is 0 Å². The number of ether oxygens (including phenoxy) is 4. The Labute approximate surface area is 270 Å². The highest BCUT2D eigenvalue weighted by molar-refractivity contribution is 5.87. The van der Waals surface area contributed by atoms with Crippen molar-refractivity contribution >= 4 is 17.6 Å². The van der Waals surface area contributed by atoms with Crippen LogP contribution in [0, 0.1) is 11.8 Å². The van der Waals surface area contributed by atoms with E-state index >= 15 is 0 Å². The van der Waals surface area contributed by atoms with E-state index in [2.05, 4.69) is 10.6 Å². The van der Waals surface area contributed by atoms with Crippen LogP contribution in [0.3, 0.4) is 0 Å². The maximum absolute atomic E-state index is 12.4. The SMILES string of the molecule is CC(=O)[C@H](CCCCNC(=O)CCCCOC1OC(CO)C(O)C(O)C1C)NC(=O)CCCCOC1OC(CO)C(O)C(O)C1C. The molecule has 268 valence electrons. The van der Waals surface area contributed by atoms with Gasteiger partial charge < -0.3 is 60.2 Å². The molecule has 8 N–H and O–H groups in total. The average Bonchev–Trinajstić information content (AvgIpc) is 3.03. The third kappa shape index (κ3) is 13.0. The second-order valence-corrected chi connectivity index (χ2v) is 12.4. The zero-order chi connectivity index (χ0) is 34.2. The number of rotatable bonds is 21. The van der Waals surface area contributed by atoms with Gasteiger partial charge in [-0.05, 0) is 51.9 Å². The molecule has 15 nitrogen and oxygen atoms in total. The summed E-state index contributed by atoms with van der Waals surface area (Å²) >= 11 is 0. The highest BCUT2D eigenvalue weighted by Gasteiger charge is 2.43. The molecular formula is C31H56N2O13. The van der Waals surface area contributed by atoms with Crippen LogP contribution >= 0.6 is 0 Å². The van der Waals surface area contributed by atoms with Crippen LogP contribution in [0.5, 0.6) is 0 Å². The van der Waals surface area contributed by atoms with Crippen molar-refractivity contribution in [3.63, 3.8) is 0 Å². The molecule has 11 atom stereocenters. The van der Waals surface area contributed by atoms with Crippen LogP contribution in [0.1, 0.15) is 78.6 Å².